The second-order valence-corrected chi connectivity index (χ2v) is 5.14. The lowest BCUT2D eigenvalue weighted by atomic mass is 10.2. The molecule has 0 unspecified atom stereocenters. The van der Waals surface area contributed by atoms with Crippen molar-refractivity contribution in [1.82, 2.24) is 5.32 Å². The van der Waals surface area contributed by atoms with Gasteiger partial charge in [0, 0.05) is 18.8 Å². The van der Waals surface area contributed by atoms with Crippen molar-refractivity contribution in [2.45, 2.75) is 12.8 Å². The second kappa shape index (κ2) is 4.10. The molecule has 3 rings (SSSR count). The van der Waals surface area contributed by atoms with Gasteiger partial charge >= 0.3 is 0 Å². The van der Waals surface area contributed by atoms with Crippen molar-refractivity contribution in [2.75, 3.05) is 31.6 Å². The van der Waals surface area contributed by atoms with Crippen molar-refractivity contribution in [3.8, 4) is 0 Å². The van der Waals surface area contributed by atoms with Crippen molar-refractivity contribution in [1.29, 1.82) is 0 Å². The Balaban J connectivity index is 1.62. The number of rotatable bonds is 4. The molecule has 2 aliphatic rings. The molecule has 1 aliphatic carbocycles. The smallest absolute Gasteiger partial charge is 0.0399 e. The van der Waals surface area contributed by atoms with Crippen molar-refractivity contribution >= 4 is 5.69 Å². The highest BCUT2D eigenvalue weighted by molar-refractivity contribution is 5.57. The van der Waals surface area contributed by atoms with Gasteiger partial charge in [0.2, 0.25) is 0 Å². The summed E-state index contributed by atoms with van der Waals surface area (Å²) in [5.74, 6) is 1.86. The number of benzene rings is 1. The molecule has 0 aromatic heterocycles. The molecule has 1 heterocycles. The van der Waals surface area contributed by atoms with Crippen LogP contribution in [-0.4, -0.2) is 26.7 Å². The van der Waals surface area contributed by atoms with Gasteiger partial charge in [-0.2, -0.15) is 0 Å². The normalized spacial score (nSPS) is 26.9. The highest BCUT2D eigenvalue weighted by atomic mass is 15.2. The number of hydrogen-bond donors (Lipinski definition) is 1. The first kappa shape index (κ1) is 10.2. The molecule has 1 saturated carbocycles. The van der Waals surface area contributed by atoms with Gasteiger partial charge in [0.25, 0.3) is 0 Å². The van der Waals surface area contributed by atoms with E-state index >= 15 is 0 Å². The Kier molecular flexibility index (Phi) is 2.60. The average molecular weight is 216 g/mol. The molecule has 0 bridgehead atoms. The third kappa shape index (κ3) is 1.82. The van der Waals surface area contributed by atoms with Gasteiger partial charge in [-0.05, 0) is 49.9 Å². The SMILES string of the molecule is CNC[C@@H]1C[C@H]1CN1CCc2ccccc21. The van der Waals surface area contributed by atoms with E-state index in [0.29, 0.717) is 0 Å². The second-order valence-electron chi connectivity index (χ2n) is 5.14. The number of para-hydroxylation sites is 1. The molecule has 1 N–H and O–H groups in total. The van der Waals surface area contributed by atoms with Gasteiger partial charge in [-0.15, -0.1) is 0 Å². The molecule has 86 valence electrons. The number of hydrogen-bond acceptors (Lipinski definition) is 2. The van der Waals surface area contributed by atoms with E-state index in [9.17, 15) is 0 Å². The summed E-state index contributed by atoms with van der Waals surface area (Å²) in [7, 11) is 2.06. The van der Waals surface area contributed by atoms with Crippen molar-refractivity contribution in [3.05, 3.63) is 29.8 Å². The van der Waals surface area contributed by atoms with Crippen LogP contribution in [0.15, 0.2) is 24.3 Å². The summed E-state index contributed by atoms with van der Waals surface area (Å²) in [4.78, 5) is 2.58. The van der Waals surface area contributed by atoms with E-state index in [1.165, 1.54) is 43.7 Å². The average Bonchev–Trinajstić information content (AvgIpc) is 2.89. The van der Waals surface area contributed by atoms with Gasteiger partial charge in [0.15, 0.2) is 0 Å². The van der Waals surface area contributed by atoms with Crippen LogP contribution in [0.1, 0.15) is 12.0 Å². The molecule has 2 heteroatoms. The summed E-state index contributed by atoms with van der Waals surface area (Å²) in [6.07, 6.45) is 2.65. The monoisotopic (exact) mass is 216 g/mol. The van der Waals surface area contributed by atoms with E-state index in [0.717, 1.165) is 11.8 Å². The zero-order chi connectivity index (χ0) is 11.0. The maximum absolute atomic E-state index is 3.29. The number of nitrogens with zero attached hydrogens (tertiary/aromatic N) is 1. The molecular weight excluding hydrogens is 196 g/mol. The standard InChI is InChI=1S/C14H20N2/c1-15-9-12-8-13(12)10-16-7-6-11-4-2-3-5-14(11)16/h2-5,12-13,15H,6-10H2,1H3/t12-,13-/m0/s1. The molecular formula is C14H20N2. The summed E-state index contributed by atoms with van der Waals surface area (Å²) >= 11 is 0. The third-order valence-electron chi connectivity index (χ3n) is 3.97. The van der Waals surface area contributed by atoms with Crippen LogP contribution in [0.3, 0.4) is 0 Å². The summed E-state index contributed by atoms with van der Waals surface area (Å²) in [5.41, 5.74) is 3.02. The van der Waals surface area contributed by atoms with Crippen LogP contribution in [0.4, 0.5) is 5.69 Å². The van der Waals surface area contributed by atoms with Crippen molar-refractivity contribution in [3.63, 3.8) is 0 Å². The van der Waals surface area contributed by atoms with Crippen LogP contribution in [0.5, 0.6) is 0 Å². The molecule has 0 spiro atoms. The fourth-order valence-electron chi connectivity index (χ4n) is 2.93. The Bertz CT molecular complexity index is 375. The first-order chi connectivity index (χ1) is 7.88. The quantitative estimate of drug-likeness (QED) is 0.827. The number of nitrogens with one attached hydrogen (secondary N) is 1. The summed E-state index contributed by atoms with van der Waals surface area (Å²) < 4.78 is 0. The minimum Gasteiger partial charge on any atom is -0.371 e. The topological polar surface area (TPSA) is 15.3 Å². The number of fused-ring (bicyclic) bond motifs is 1. The fourth-order valence-corrected chi connectivity index (χ4v) is 2.93. The lowest BCUT2D eigenvalue weighted by molar-refractivity contribution is 0.631. The highest BCUT2D eigenvalue weighted by Crippen LogP contribution is 2.40. The van der Waals surface area contributed by atoms with Crippen molar-refractivity contribution in [2.24, 2.45) is 11.8 Å². The third-order valence-corrected chi connectivity index (χ3v) is 3.97. The van der Waals surface area contributed by atoms with E-state index in [4.69, 9.17) is 0 Å². The zero-order valence-electron chi connectivity index (χ0n) is 9.95. The van der Waals surface area contributed by atoms with Crippen LogP contribution in [-0.2, 0) is 6.42 Å². The lowest BCUT2D eigenvalue weighted by Crippen LogP contribution is -2.24. The minimum absolute atomic E-state index is 0.928. The van der Waals surface area contributed by atoms with E-state index in [1.54, 1.807) is 0 Å². The Hall–Kier alpha value is -1.02. The van der Waals surface area contributed by atoms with Crippen LogP contribution >= 0.6 is 0 Å². The van der Waals surface area contributed by atoms with Crippen LogP contribution < -0.4 is 10.2 Å². The molecule has 1 aliphatic heterocycles. The molecule has 2 atom stereocenters. The van der Waals surface area contributed by atoms with Gasteiger partial charge in [0.1, 0.15) is 0 Å². The molecule has 1 aromatic carbocycles. The highest BCUT2D eigenvalue weighted by Gasteiger charge is 2.38. The molecule has 2 nitrogen and oxygen atoms in total. The predicted molar refractivity (Wildman–Crippen MR) is 67.9 cm³/mol. The number of anilines is 1. The van der Waals surface area contributed by atoms with Gasteiger partial charge in [-0.3, -0.25) is 0 Å². The van der Waals surface area contributed by atoms with Crippen LogP contribution in [0.25, 0.3) is 0 Å². The summed E-state index contributed by atoms with van der Waals surface area (Å²) in [5, 5.41) is 3.29. The maximum atomic E-state index is 3.29. The van der Waals surface area contributed by atoms with Gasteiger partial charge in [-0.25, -0.2) is 0 Å². The molecule has 1 aromatic rings. The molecule has 1 fully saturated rings. The predicted octanol–water partition coefficient (Wildman–Crippen LogP) is 1.90. The van der Waals surface area contributed by atoms with E-state index in [-0.39, 0.29) is 0 Å². The maximum Gasteiger partial charge on any atom is 0.0399 e. The first-order valence-corrected chi connectivity index (χ1v) is 6.36. The van der Waals surface area contributed by atoms with Gasteiger partial charge in [-0.1, -0.05) is 18.2 Å². The summed E-state index contributed by atoms with van der Waals surface area (Å²) in [6.45, 7) is 3.69. The van der Waals surface area contributed by atoms with Crippen molar-refractivity contribution < 1.29 is 0 Å². The Morgan fingerprint density at radius 1 is 1.31 bits per heavy atom. The Labute approximate surface area is 97.6 Å². The van der Waals surface area contributed by atoms with Gasteiger partial charge < -0.3 is 10.2 Å². The van der Waals surface area contributed by atoms with Gasteiger partial charge in [0.05, 0.1) is 0 Å². The molecule has 0 amide bonds. The fraction of sp³-hybridized carbons (Fsp3) is 0.571. The van der Waals surface area contributed by atoms with E-state index in [1.807, 2.05) is 0 Å². The Morgan fingerprint density at radius 3 is 3.06 bits per heavy atom. The van der Waals surface area contributed by atoms with E-state index in [2.05, 4.69) is 41.5 Å². The summed E-state index contributed by atoms with van der Waals surface area (Å²) in [6, 6.07) is 8.86. The zero-order valence-corrected chi connectivity index (χ0v) is 9.95. The molecule has 0 radical (unpaired) electrons. The van der Waals surface area contributed by atoms with Crippen LogP contribution in [0.2, 0.25) is 0 Å². The molecule has 0 saturated heterocycles. The first-order valence-electron chi connectivity index (χ1n) is 6.36. The van der Waals surface area contributed by atoms with E-state index < -0.39 is 0 Å². The van der Waals surface area contributed by atoms with Crippen LogP contribution in [0, 0.1) is 11.8 Å². The Morgan fingerprint density at radius 2 is 2.19 bits per heavy atom. The lowest BCUT2D eigenvalue weighted by Gasteiger charge is -2.19. The molecule has 16 heavy (non-hydrogen) atoms. The largest absolute Gasteiger partial charge is 0.371 e. The minimum atomic E-state index is 0.928.